The van der Waals surface area contributed by atoms with Gasteiger partial charge in [0.25, 0.3) is 5.91 Å². The van der Waals surface area contributed by atoms with Gasteiger partial charge in [0.05, 0.1) is 11.0 Å². The number of imidazole rings is 1. The molecule has 6 nitrogen and oxygen atoms in total. The molecule has 0 unspecified atom stereocenters. The van der Waals surface area contributed by atoms with Crippen LogP contribution in [0.5, 0.6) is 0 Å². The first-order valence-electron chi connectivity index (χ1n) is 9.30. The fraction of sp³-hybridized carbons (Fsp3) is 0.350. The molecule has 2 amide bonds. The third-order valence-electron chi connectivity index (χ3n) is 4.81. The van der Waals surface area contributed by atoms with Crippen LogP contribution in [0.3, 0.4) is 0 Å². The van der Waals surface area contributed by atoms with Crippen LogP contribution in [0, 0.1) is 0 Å². The van der Waals surface area contributed by atoms with E-state index < -0.39 is 0 Å². The molecule has 0 aliphatic carbocycles. The summed E-state index contributed by atoms with van der Waals surface area (Å²) in [5.74, 6) is 0.868. The number of aromatic nitrogens is 2. The number of benzene rings is 1. The predicted molar refractivity (Wildman–Crippen MR) is 107 cm³/mol. The number of hydrogen-bond acceptors (Lipinski definition) is 4. The van der Waals surface area contributed by atoms with E-state index in [4.69, 9.17) is 4.98 Å². The number of anilines is 1. The molecule has 2 N–H and O–H groups in total. The van der Waals surface area contributed by atoms with Crippen LogP contribution in [0.2, 0.25) is 0 Å². The Morgan fingerprint density at radius 2 is 2.11 bits per heavy atom. The zero-order chi connectivity index (χ0) is 18.6. The quantitative estimate of drug-likeness (QED) is 0.708. The van der Waals surface area contributed by atoms with Crippen LogP contribution in [0.15, 0.2) is 35.0 Å². The van der Waals surface area contributed by atoms with E-state index in [9.17, 15) is 9.59 Å². The number of rotatable bonds is 5. The largest absolute Gasteiger partial charge is 0.351 e. The monoisotopic (exact) mass is 382 g/mol. The maximum Gasteiger partial charge on any atom is 0.252 e. The molecular formula is C20H22N4O2S. The second kappa shape index (κ2) is 7.92. The van der Waals surface area contributed by atoms with Gasteiger partial charge in [0.15, 0.2) is 0 Å². The van der Waals surface area contributed by atoms with Crippen molar-refractivity contribution < 1.29 is 9.59 Å². The van der Waals surface area contributed by atoms with E-state index in [1.165, 1.54) is 30.6 Å². The molecule has 3 aromatic rings. The summed E-state index contributed by atoms with van der Waals surface area (Å²) in [6.07, 6.45) is 4.87. The molecule has 4 rings (SSSR count). The molecule has 140 valence electrons. The summed E-state index contributed by atoms with van der Waals surface area (Å²) < 4.78 is 2.30. The van der Waals surface area contributed by atoms with E-state index in [0.29, 0.717) is 12.1 Å². The lowest BCUT2D eigenvalue weighted by atomic mass is 10.2. The van der Waals surface area contributed by atoms with Crippen molar-refractivity contribution in [3.8, 4) is 0 Å². The average molecular weight is 382 g/mol. The summed E-state index contributed by atoms with van der Waals surface area (Å²) in [5.41, 5.74) is 3.43. The summed E-state index contributed by atoms with van der Waals surface area (Å²) in [4.78, 5) is 28.8. The van der Waals surface area contributed by atoms with Gasteiger partial charge in [0.1, 0.15) is 5.82 Å². The molecule has 3 heterocycles. The summed E-state index contributed by atoms with van der Waals surface area (Å²) >= 11 is 1.47. The normalized spacial score (nSPS) is 13.8. The maximum absolute atomic E-state index is 12.2. The van der Waals surface area contributed by atoms with Crippen molar-refractivity contribution in [2.45, 2.75) is 38.6 Å². The lowest BCUT2D eigenvalue weighted by molar-refractivity contribution is -0.116. The molecule has 0 spiro atoms. The number of nitrogens with zero attached hydrogens (tertiary/aromatic N) is 2. The molecule has 1 aromatic carbocycles. The molecule has 27 heavy (non-hydrogen) atoms. The van der Waals surface area contributed by atoms with Crippen LogP contribution < -0.4 is 10.6 Å². The maximum atomic E-state index is 12.2. The Morgan fingerprint density at radius 1 is 1.19 bits per heavy atom. The summed E-state index contributed by atoms with van der Waals surface area (Å²) in [6.45, 7) is 1.32. The van der Waals surface area contributed by atoms with E-state index in [0.717, 1.165) is 35.5 Å². The minimum Gasteiger partial charge on any atom is -0.351 e. The zero-order valence-electron chi connectivity index (χ0n) is 15.0. The standard InChI is InChI=1S/C20H22N4O2S/c25-19(7-9-21-20(26)14-8-11-27-13-14)22-15-5-6-17-16(12-15)23-18-4-2-1-3-10-24(17)18/h5-6,8,11-13H,1-4,7,9-10H2,(H,21,26)(H,22,25). The van der Waals surface area contributed by atoms with Gasteiger partial charge in [-0.2, -0.15) is 11.3 Å². The molecule has 0 saturated heterocycles. The highest BCUT2D eigenvalue weighted by atomic mass is 32.1. The molecular weight excluding hydrogens is 360 g/mol. The molecule has 2 aromatic heterocycles. The fourth-order valence-corrected chi connectivity index (χ4v) is 4.07. The second-order valence-corrected chi connectivity index (χ2v) is 7.54. The first-order chi connectivity index (χ1) is 13.2. The third-order valence-corrected chi connectivity index (χ3v) is 5.50. The average Bonchev–Trinajstić information content (AvgIpc) is 3.24. The van der Waals surface area contributed by atoms with Gasteiger partial charge in [-0.25, -0.2) is 4.98 Å². The minimum absolute atomic E-state index is 0.124. The Morgan fingerprint density at radius 3 is 2.96 bits per heavy atom. The van der Waals surface area contributed by atoms with Gasteiger partial charge >= 0.3 is 0 Å². The van der Waals surface area contributed by atoms with E-state index in [1.54, 1.807) is 11.4 Å². The summed E-state index contributed by atoms with van der Waals surface area (Å²) in [6, 6.07) is 7.65. The SMILES string of the molecule is O=C(CCNC(=O)c1ccsc1)Nc1ccc2c(c1)nc1n2CCCCC1. The van der Waals surface area contributed by atoms with Gasteiger partial charge in [0, 0.05) is 42.6 Å². The third kappa shape index (κ3) is 4.03. The predicted octanol–water partition coefficient (Wildman–Crippen LogP) is 3.58. The van der Waals surface area contributed by atoms with Crippen LogP contribution in [0.1, 0.15) is 41.9 Å². The van der Waals surface area contributed by atoms with Crippen molar-refractivity contribution in [3.63, 3.8) is 0 Å². The van der Waals surface area contributed by atoms with E-state index in [-0.39, 0.29) is 18.2 Å². The number of nitrogens with one attached hydrogen (secondary N) is 2. The van der Waals surface area contributed by atoms with Crippen LogP contribution in [-0.4, -0.2) is 27.9 Å². The van der Waals surface area contributed by atoms with E-state index >= 15 is 0 Å². The van der Waals surface area contributed by atoms with Crippen molar-refractivity contribution in [2.24, 2.45) is 0 Å². The minimum atomic E-state index is -0.148. The molecule has 1 aliphatic rings. The Labute approximate surface area is 161 Å². The van der Waals surface area contributed by atoms with Gasteiger partial charge in [-0.05, 0) is 42.5 Å². The van der Waals surface area contributed by atoms with Crippen molar-refractivity contribution in [1.29, 1.82) is 0 Å². The highest BCUT2D eigenvalue weighted by Crippen LogP contribution is 2.24. The Balaban J connectivity index is 1.35. The van der Waals surface area contributed by atoms with Gasteiger partial charge in [0.2, 0.25) is 5.91 Å². The van der Waals surface area contributed by atoms with Crippen molar-refractivity contribution in [3.05, 3.63) is 46.4 Å². The molecule has 7 heteroatoms. The topological polar surface area (TPSA) is 76.0 Å². The number of amides is 2. The smallest absolute Gasteiger partial charge is 0.252 e. The number of carbonyl (C=O) groups is 2. The first kappa shape index (κ1) is 17.7. The number of carbonyl (C=O) groups excluding carboxylic acids is 2. The number of hydrogen-bond donors (Lipinski definition) is 2. The molecule has 0 bridgehead atoms. The molecule has 0 saturated carbocycles. The van der Waals surface area contributed by atoms with Crippen molar-refractivity contribution in [2.75, 3.05) is 11.9 Å². The molecule has 0 radical (unpaired) electrons. The highest BCUT2D eigenvalue weighted by molar-refractivity contribution is 7.08. The summed E-state index contributed by atoms with van der Waals surface area (Å²) in [7, 11) is 0. The van der Waals surface area contributed by atoms with E-state index in [2.05, 4.69) is 15.2 Å². The van der Waals surface area contributed by atoms with Crippen LogP contribution in [0.25, 0.3) is 11.0 Å². The molecule has 0 atom stereocenters. The van der Waals surface area contributed by atoms with Crippen LogP contribution in [-0.2, 0) is 17.8 Å². The second-order valence-electron chi connectivity index (χ2n) is 6.76. The van der Waals surface area contributed by atoms with Crippen LogP contribution >= 0.6 is 11.3 Å². The summed E-state index contributed by atoms with van der Waals surface area (Å²) in [5, 5.41) is 9.30. The number of thiophene rings is 1. The fourth-order valence-electron chi connectivity index (χ4n) is 3.44. The first-order valence-corrected chi connectivity index (χ1v) is 10.2. The highest BCUT2D eigenvalue weighted by Gasteiger charge is 2.14. The molecule has 1 aliphatic heterocycles. The van der Waals surface area contributed by atoms with Gasteiger partial charge in [-0.3, -0.25) is 9.59 Å². The van der Waals surface area contributed by atoms with Crippen molar-refractivity contribution >= 4 is 39.9 Å². The van der Waals surface area contributed by atoms with Gasteiger partial charge in [-0.15, -0.1) is 0 Å². The number of fused-ring (bicyclic) bond motifs is 3. The Hall–Kier alpha value is -2.67. The van der Waals surface area contributed by atoms with Gasteiger partial charge < -0.3 is 15.2 Å². The Kier molecular flexibility index (Phi) is 5.20. The number of aryl methyl sites for hydroxylation is 2. The van der Waals surface area contributed by atoms with E-state index in [1.807, 2.05) is 23.6 Å². The van der Waals surface area contributed by atoms with Gasteiger partial charge in [-0.1, -0.05) is 6.42 Å². The Bertz CT molecular complexity index is 962. The lowest BCUT2D eigenvalue weighted by Crippen LogP contribution is -2.27. The molecule has 0 fully saturated rings. The van der Waals surface area contributed by atoms with Crippen LogP contribution in [0.4, 0.5) is 5.69 Å². The lowest BCUT2D eigenvalue weighted by Gasteiger charge is -2.07. The zero-order valence-corrected chi connectivity index (χ0v) is 15.8. The van der Waals surface area contributed by atoms with Crippen molar-refractivity contribution in [1.82, 2.24) is 14.9 Å².